The molecule has 1 aliphatic carbocycles. The summed E-state index contributed by atoms with van der Waals surface area (Å²) in [6.45, 7) is 2.90. The summed E-state index contributed by atoms with van der Waals surface area (Å²) < 4.78 is 42.8. The smallest absolute Gasteiger partial charge is 0.363 e. The van der Waals surface area contributed by atoms with Crippen molar-refractivity contribution in [1.29, 1.82) is 0 Å². The third kappa shape index (κ3) is 3.77. The lowest BCUT2D eigenvalue weighted by Crippen LogP contribution is -2.52. The molecule has 3 heterocycles. The van der Waals surface area contributed by atoms with Crippen molar-refractivity contribution < 1.29 is 18.0 Å². The van der Waals surface area contributed by atoms with E-state index in [1.54, 1.807) is 0 Å². The summed E-state index contributed by atoms with van der Waals surface area (Å²) in [5, 5.41) is 7.39. The standard InChI is InChI=1S/C24H29F3N4O/c1-15-11-12-30(20-10-6-5-9-17(15)20)23(32)19-14-22-28-18(16-7-3-2-4-8-16)13-21(24(25,26)27)31(22)29-19/h2-4,7-8,14-15,17-18,20-21,28H,5-6,9-13H2,1H3/t15-,17-,18-,20-,21+/m1/s1. The molecule has 5 rings (SSSR count). The predicted octanol–water partition coefficient (Wildman–Crippen LogP) is 5.58. The summed E-state index contributed by atoms with van der Waals surface area (Å²) in [4.78, 5) is 15.3. The minimum Gasteiger partial charge on any atom is -0.363 e. The van der Waals surface area contributed by atoms with Crippen LogP contribution >= 0.6 is 0 Å². The number of nitrogens with one attached hydrogen (secondary N) is 1. The first kappa shape index (κ1) is 21.3. The number of anilines is 1. The number of hydrogen-bond donors (Lipinski definition) is 1. The number of hydrogen-bond acceptors (Lipinski definition) is 3. The summed E-state index contributed by atoms with van der Waals surface area (Å²) in [6.07, 6.45) is 0.671. The second kappa shape index (κ2) is 8.12. The zero-order valence-corrected chi connectivity index (χ0v) is 18.2. The van der Waals surface area contributed by atoms with Gasteiger partial charge in [-0.05, 0) is 36.7 Å². The van der Waals surface area contributed by atoms with E-state index in [2.05, 4.69) is 17.3 Å². The minimum absolute atomic E-state index is 0.106. The van der Waals surface area contributed by atoms with Crippen molar-refractivity contribution >= 4 is 11.7 Å². The Bertz CT molecular complexity index is 973. The molecule has 5 nitrogen and oxygen atoms in total. The van der Waals surface area contributed by atoms with E-state index in [1.807, 2.05) is 35.2 Å². The Morgan fingerprint density at radius 2 is 1.88 bits per heavy atom. The molecular formula is C24H29F3N4O. The average molecular weight is 447 g/mol. The highest BCUT2D eigenvalue weighted by Gasteiger charge is 2.47. The van der Waals surface area contributed by atoms with Crippen molar-refractivity contribution in [3.8, 4) is 0 Å². The molecule has 1 N–H and O–H groups in total. The van der Waals surface area contributed by atoms with Crippen LogP contribution in [0.4, 0.5) is 19.0 Å². The zero-order chi connectivity index (χ0) is 22.5. The minimum atomic E-state index is -4.45. The molecule has 0 spiro atoms. The molecule has 1 saturated carbocycles. The van der Waals surface area contributed by atoms with Crippen LogP contribution < -0.4 is 5.32 Å². The van der Waals surface area contributed by atoms with Gasteiger partial charge in [0.15, 0.2) is 11.7 Å². The molecule has 32 heavy (non-hydrogen) atoms. The van der Waals surface area contributed by atoms with Gasteiger partial charge in [0.2, 0.25) is 0 Å². The number of carbonyl (C=O) groups excluding carboxylic acids is 1. The Morgan fingerprint density at radius 1 is 1.12 bits per heavy atom. The van der Waals surface area contributed by atoms with Crippen LogP contribution in [0.5, 0.6) is 0 Å². The van der Waals surface area contributed by atoms with E-state index in [-0.39, 0.29) is 29.9 Å². The van der Waals surface area contributed by atoms with E-state index in [0.29, 0.717) is 18.4 Å². The number of halogens is 3. The van der Waals surface area contributed by atoms with Gasteiger partial charge in [-0.3, -0.25) is 4.79 Å². The van der Waals surface area contributed by atoms with Crippen molar-refractivity contribution in [3.63, 3.8) is 0 Å². The lowest BCUT2D eigenvalue weighted by atomic mass is 9.72. The van der Waals surface area contributed by atoms with Crippen LogP contribution in [-0.2, 0) is 0 Å². The summed E-state index contributed by atoms with van der Waals surface area (Å²) in [5.41, 5.74) is 0.895. The summed E-state index contributed by atoms with van der Waals surface area (Å²) in [6, 6.07) is 8.53. The third-order valence-electron chi connectivity index (χ3n) is 7.61. The van der Waals surface area contributed by atoms with Gasteiger partial charge < -0.3 is 10.2 Å². The fourth-order valence-electron chi connectivity index (χ4n) is 5.89. The van der Waals surface area contributed by atoms with E-state index in [9.17, 15) is 18.0 Å². The number of piperidine rings is 1. The van der Waals surface area contributed by atoms with Crippen molar-refractivity contribution in [2.24, 2.45) is 11.8 Å². The van der Waals surface area contributed by atoms with Crippen molar-refractivity contribution in [2.45, 2.75) is 69.8 Å². The third-order valence-corrected chi connectivity index (χ3v) is 7.61. The Labute approximate surface area is 186 Å². The number of benzene rings is 1. The number of rotatable bonds is 2. The van der Waals surface area contributed by atoms with Crippen LogP contribution in [-0.4, -0.2) is 39.4 Å². The molecular weight excluding hydrogens is 417 g/mol. The lowest BCUT2D eigenvalue weighted by Gasteiger charge is -2.47. The Kier molecular flexibility index (Phi) is 5.42. The van der Waals surface area contributed by atoms with Crippen LogP contribution in [0.2, 0.25) is 0 Å². The van der Waals surface area contributed by atoms with Gasteiger partial charge in [0.25, 0.3) is 5.91 Å². The molecule has 2 fully saturated rings. The molecule has 1 saturated heterocycles. The number of nitrogens with zero attached hydrogens (tertiary/aromatic N) is 3. The van der Waals surface area contributed by atoms with Gasteiger partial charge in [-0.1, -0.05) is 50.1 Å². The maximum absolute atomic E-state index is 14.0. The summed E-state index contributed by atoms with van der Waals surface area (Å²) in [7, 11) is 0. The highest BCUT2D eigenvalue weighted by molar-refractivity contribution is 5.93. The molecule has 0 bridgehead atoms. The van der Waals surface area contributed by atoms with E-state index in [4.69, 9.17) is 0 Å². The molecule has 1 amide bonds. The summed E-state index contributed by atoms with van der Waals surface area (Å²) >= 11 is 0. The van der Waals surface area contributed by atoms with E-state index in [0.717, 1.165) is 35.9 Å². The van der Waals surface area contributed by atoms with E-state index < -0.39 is 18.3 Å². The van der Waals surface area contributed by atoms with Gasteiger partial charge in [0.05, 0.1) is 6.04 Å². The molecule has 1 aromatic carbocycles. The van der Waals surface area contributed by atoms with Gasteiger partial charge in [-0.2, -0.15) is 18.3 Å². The van der Waals surface area contributed by atoms with Gasteiger partial charge >= 0.3 is 6.18 Å². The fourth-order valence-corrected chi connectivity index (χ4v) is 5.89. The van der Waals surface area contributed by atoms with Gasteiger partial charge in [0.1, 0.15) is 5.82 Å². The first-order valence-corrected chi connectivity index (χ1v) is 11.6. The molecule has 8 heteroatoms. The molecule has 1 aromatic heterocycles. The Balaban J connectivity index is 1.45. The van der Waals surface area contributed by atoms with Gasteiger partial charge in [0, 0.05) is 25.1 Å². The van der Waals surface area contributed by atoms with Crippen molar-refractivity contribution in [1.82, 2.24) is 14.7 Å². The molecule has 5 atom stereocenters. The molecule has 2 aromatic rings. The highest BCUT2D eigenvalue weighted by Crippen LogP contribution is 2.44. The predicted molar refractivity (Wildman–Crippen MR) is 115 cm³/mol. The number of alkyl halides is 3. The van der Waals surface area contributed by atoms with Crippen LogP contribution in [0.25, 0.3) is 0 Å². The molecule has 3 aliphatic rings. The topological polar surface area (TPSA) is 50.2 Å². The Morgan fingerprint density at radius 3 is 2.62 bits per heavy atom. The molecule has 0 unspecified atom stereocenters. The van der Waals surface area contributed by atoms with Crippen LogP contribution in [0, 0.1) is 11.8 Å². The van der Waals surface area contributed by atoms with Crippen LogP contribution in [0.3, 0.4) is 0 Å². The second-order valence-corrected chi connectivity index (χ2v) is 9.54. The first-order valence-electron chi connectivity index (χ1n) is 11.6. The maximum Gasteiger partial charge on any atom is 0.410 e. The monoisotopic (exact) mass is 446 g/mol. The van der Waals surface area contributed by atoms with E-state index >= 15 is 0 Å². The second-order valence-electron chi connectivity index (χ2n) is 9.54. The highest BCUT2D eigenvalue weighted by atomic mass is 19.4. The van der Waals surface area contributed by atoms with Crippen molar-refractivity contribution in [2.75, 3.05) is 11.9 Å². The number of aromatic nitrogens is 2. The molecule has 172 valence electrons. The molecule has 2 aliphatic heterocycles. The van der Waals surface area contributed by atoms with Crippen LogP contribution in [0.15, 0.2) is 36.4 Å². The SMILES string of the molecule is C[C@@H]1CCN(C(=O)c2cc3n(n2)[C@H](C(F)(F)F)C[C@H](c2ccccc2)N3)[C@@H]2CCCC[C@H]12. The largest absolute Gasteiger partial charge is 0.410 e. The van der Waals surface area contributed by atoms with E-state index in [1.165, 1.54) is 12.5 Å². The maximum atomic E-state index is 14.0. The average Bonchev–Trinajstić information content (AvgIpc) is 3.22. The quantitative estimate of drug-likeness (QED) is 0.655. The first-order chi connectivity index (χ1) is 15.3. The Hall–Kier alpha value is -2.51. The number of fused-ring (bicyclic) bond motifs is 2. The van der Waals surface area contributed by atoms with Gasteiger partial charge in [-0.25, -0.2) is 4.68 Å². The molecule has 0 radical (unpaired) electrons. The summed E-state index contributed by atoms with van der Waals surface area (Å²) in [5.74, 6) is 1.06. The number of amides is 1. The number of carbonyl (C=O) groups is 1. The zero-order valence-electron chi connectivity index (χ0n) is 18.2. The lowest BCUT2D eigenvalue weighted by molar-refractivity contribution is -0.173. The number of likely N-dealkylation sites (tertiary alicyclic amines) is 1. The van der Waals surface area contributed by atoms with Gasteiger partial charge in [-0.15, -0.1) is 0 Å². The normalized spacial score (nSPS) is 30.2. The fraction of sp³-hybridized carbons (Fsp3) is 0.583. The van der Waals surface area contributed by atoms with Crippen LogP contribution in [0.1, 0.15) is 73.6 Å². The van der Waals surface area contributed by atoms with Crippen molar-refractivity contribution in [3.05, 3.63) is 47.7 Å².